The number of aryl methyl sites for hydroxylation is 1. The first-order valence-electron chi connectivity index (χ1n) is 10.2. The molecule has 0 radical (unpaired) electrons. The lowest BCUT2D eigenvalue weighted by Crippen LogP contribution is -2.40. The van der Waals surface area contributed by atoms with E-state index in [1.54, 1.807) is 0 Å². The van der Waals surface area contributed by atoms with E-state index >= 15 is 0 Å². The van der Waals surface area contributed by atoms with Crippen LogP contribution in [-0.2, 0) is 11.2 Å². The second kappa shape index (κ2) is 7.65. The minimum atomic E-state index is 0.0663. The van der Waals surface area contributed by atoms with Gasteiger partial charge in [0.15, 0.2) is 0 Å². The number of nitrogens with zero attached hydrogens (tertiary/aromatic N) is 1. The van der Waals surface area contributed by atoms with Crippen LogP contribution in [0, 0.1) is 12.8 Å². The molecule has 1 atom stereocenters. The molecule has 0 bridgehead atoms. The first kappa shape index (κ1) is 17.3. The van der Waals surface area contributed by atoms with E-state index in [1.165, 1.54) is 47.9 Å². The van der Waals surface area contributed by atoms with Gasteiger partial charge in [-0.3, -0.25) is 4.79 Å². The van der Waals surface area contributed by atoms with Crippen molar-refractivity contribution < 1.29 is 4.79 Å². The Kier molecular flexibility index (Phi) is 5.10. The number of amides is 1. The zero-order chi connectivity index (χ0) is 17.9. The van der Waals surface area contributed by atoms with Crippen LogP contribution in [0.4, 0.5) is 0 Å². The van der Waals surface area contributed by atoms with Gasteiger partial charge in [-0.15, -0.1) is 0 Å². The van der Waals surface area contributed by atoms with Crippen molar-refractivity contribution in [2.45, 2.75) is 57.9 Å². The lowest BCUT2D eigenvalue weighted by molar-refractivity contribution is -0.133. The number of carbonyl (C=O) groups excluding carboxylic acids is 1. The Bertz CT molecular complexity index is 758. The molecule has 0 aromatic heterocycles. The third kappa shape index (κ3) is 3.56. The predicted octanol–water partition coefficient (Wildman–Crippen LogP) is 5.44. The topological polar surface area (TPSA) is 20.3 Å². The number of benzene rings is 2. The van der Waals surface area contributed by atoms with Gasteiger partial charge in [-0.05, 0) is 42.4 Å². The minimum Gasteiger partial charge on any atom is -0.331 e. The van der Waals surface area contributed by atoms with E-state index in [9.17, 15) is 4.79 Å². The summed E-state index contributed by atoms with van der Waals surface area (Å²) in [6.07, 6.45) is 8.07. The average molecular weight is 348 g/mol. The van der Waals surface area contributed by atoms with Gasteiger partial charge in [0.25, 0.3) is 0 Å². The Balaban J connectivity index is 1.59. The first-order valence-corrected chi connectivity index (χ1v) is 10.2. The van der Waals surface area contributed by atoms with Crippen molar-refractivity contribution in [1.82, 2.24) is 4.90 Å². The summed E-state index contributed by atoms with van der Waals surface area (Å²) >= 11 is 0. The van der Waals surface area contributed by atoms with Gasteiger partial charge in [0, 0.05) is 13.0 Å². The Morgan fingerprint density at radius 3 is 2.54 bits per heavy atom. The van der Waals surface area contributed by atoms with Gasteiger partial charge in [0.2, 0.25) is 5.91 Å². The van der Waals surface area contributed by atoms with Crippen LogP contribution in [0.2, 0.25) is 0 Å². The van der Waals surface area contributed by atoms with Crippen molar-refractivity contribution in [3.8, 4) is 0 Å². The van der Waals surface area contributed by atoms with Crippen LogP contribution >= 0.6 is 0 Å². The highest BCUT2D eigenvalue weighted by Gasteiger charge is 2.32. The molecule has 2 aliphatic rings. The van der Waals surface area contributed by atoms with Crippen LogP contribution in [0.15, 0.2) is 48.5 Å². The largest absolute Gasteiger partial charge is 0.331 e. The molecule has 1 saturated carbocycles. The summed E-state index contributed by atoms with van der Waals surface area (Å²) in [5.41, 5.74) is 5.18. The molecule has 2 aromatic rings. The minimum absolute atomic E-state index is 0.0663. The second-order valence-corrected chi connectivity index (χ2v) is 8.04. The molecule has 2 aromatic carbocycles. The lowest BCUT2D eigenvalue weighted by Gasteiger charge is -2.38. The predicted molar refractivity (Wildman–Crippen MR) is 106 cm³/mol. The third-order valence-electron chi connectivity index (χ3n) is 6.24. The van der Waals surface area contributed by atoms with Crippen LogP contribution in [0.5, 0.6) is 0 Å². The summed E-state index contributed by atoms with van der Waals surface area (Å²) in [6.45, 7) is 2.95. The zero-order valence-corrected chi connectivity index (χ0v) is 15.8. The van der Waals surface area contributed by atoms with Crippen LogP contribution in [0.25, 0.3) is 0 Å². The zero-order valence-electron chi connectivity index (χ0n) is 15.8. The van der Waals surface area contributed by atoms with E-state index in [4.69, 9.17) is 0 Å². The molecular weight excluding hydrogens is 318 g/mol. The molecule has 26 heavy (non-hydrogen) atoms. The quantitative estimate of drug-likeness (QED) is 0.721. The highest BCUT2D eigenvalue weighted by molar-refractivity contribution is 5.78. The van der Waals surface area contributed by atoms with Gasteiger partial charge < -0.3 is 4.90 Å². The Labute approximate surface area is 157 Å². The van der Waals surface area contributed by atoms with Crippen molar-refractivity contribution in [3.05, 3.63) is 70.8 Å². The standard InChI is InChI=1S/C24H29NO/c1-18-10-13-21(14-11-18)24-22-9-5-4-8-20(22)16-17-25(24)23(26)15-12-19-6-2-3-7-19/h4-5,8-11,13-14,19,24H,2-3,6-7,12,15-17H2,1H3/t24-/m0/s1. The van der Waals surface area contributed by atoms with E-state index in [0.717, 1.165) is 25.3 Å². The lowest BCUT2D eigenvalue weighted by atomic mass is 9.87. The summed E-state index contributed by atoms with van der Waals surface area (Å²) in [5, 5.41) is 0. The summed E-state index contributed by atoms with van der Waals surface area (Å²) in [4.78, 5) is 15.3. The van der Waals surface area contributed by atoms with Gasteiger partial charge in [-0.1, -0.05) is 79.8 Å². The molecule has 1 heterocycles. The van der Waals surface area contributed by atoms with E-state index < -0.39 is 0 Å². The summed E-state index contributed by atoms with van der Waals surface area (Å²) in [6, 6.07) is 17.4. The fourth-order valence-corrected chi connectivity index (χ4v) is 4.71. The van der Waals surface area contributed by atoms with Crippen LogP contribution in [0.3, 0.4) is 0 Å². The van der Waals surface area contributed by atoms with Crippen molar-refractivity contribution in [2.75, 3.05) is 6.54 Å². The maximum atomic E-state index is 13.1. The molecule has 0 N–H and O–H groups in total. The van der Waals surface area contributed by atoms with Crippen molar-refractivity contribution in [2.24, 2.45) is 5.92 Å². The maximum Gasteiger partial charge on any atom is 0.223 e. The van der Waals surface area contributed by atoms with Crippen LogP contribution < -0.4 is 0 Å². The van der Waals surface area contributed by atoms with Crippen LogP contribution in [-0.4, -0.2) is 17.4 Å². The van der Waals surface area contributed by atoms with E-state index in [0.29, 0.717) is 12.3 Å². The molecule has 2 nitrogen and oxygen atoms in total. The summed E-state index contributed by atoms with van der Waals surface area (Å²) in [7, 11) is 0. The molecule has 0 spiro atoms. The molecule has 4 rings (SSSR count). The molecule has 2 heteroatoms. The monoisotopic (exact) mass is 347 g/mol. The van der Waals surface area contributed by atoms with Crippen molar-refractivity contribution in [3.63, 3.8) is 0 Å². The van der Waals surface area contributed by atoms with Crippen LogP contribution in [0.1, 0.15) is 66.8 Å². The number of fused-ring (bicyclic) bond motifs is 1. The van der Waals surface area contributed by atoms with Gasteiger partial charge in [-0.25, -0.2) is 0 Å². The van der Waals surface area contributed by atoms with Gasteiger partial charge in [-0.2, -0.15) is 0 Å². The SMILES string of the molecule is Cc1ccc([C@H]2c3ccccc3CCN2C(=O)CCC2CCCC2)cc1. The highest BCUT2D eigenvalue weighted by atomic mass is 16.2. The fourth-order valence-electron chi connectivity index (χ4n) is 4.71. The maximum absolute atomic E-state index is 13.1. The molecular formula is C24H29NO. The summed E-state index contributed by atoms with van der Waals surface area (Å²) in [5.74, 6) is 1.10. The molecule has 0 unspecified atom stereocenters. The first-order chi connectivity index (χ1) is 12.7. The molecule has 1 aliphatic heterocycles. The fraction of sp³-hybridized carbons (Fsp3) is 0.458. The van der Waals surface area contributed by atoms with Gasteiger partial charge in [0.1, 0.15) is 0 Å². The smallest absolute Gasteiger partial charge is 0.223 e. The van der Waals surface area contributed by atoms with E-state index in [2.05, 4.69) is 60.4 Å². The Morgan fingerprint density at radius 1 is 1.04 bits per heavy atom. The Morgan fingerprint density at radius 2 is 1.77 bits per heavy atom. The molecule has 0 saturated heterocycles. The van der Waals surface area contributed by atoms with Gasteiger partial charge >= 0.3 is 0 Å². The molecule has 1 fully saturated rings. The van der Waals surface area contributed by atoms with Gasteiger partial charge in [0.05, 0.1) is 6.04 Å². The average Bonchev–Trinajstić information content (AvgIpc) is 3.19. The number of hydrogen-bond acceptors (Lipinski definition) is 1. The van der Waals surface area contributed by atoms with E-state index in [-0.39, 0.29) is 6.04 Å². The van der Waals surface area contributed by atoms with E-state index in [1.807, 2.05) is 0 Å². The highest BCUT2D eigenvalue weighted by Crippen LogP contribution is 2.36. The number of carbonyl (C=O) groups is 1. The number of rotatable bonds is 4. The van der Waals surface area contributed by atoms with Crippen molar-refractivity contribution in [1.29, 1.82) is 0 Å². The van der Waals surface area contributed by atoms with Crippen molar-refractivity contribution >= 4 is 5.91 Å². The molecule has 1 aliphatic carbocycles. The third-order valence-corrected chi connectivity index (χ3v) is 6.24. The number of hydrogen-bond donors (Lipinski definition) is 0. The molecule has 1 amide bonds. The normalized spacial score (nSPS) is 20.2. The second-order valence-electron chi connectivity index (χ2n) is 8.04. The molecule has 136 valence electrons. The summed E-state index contributed by atoms with van der Waals surface area (Å²) < 4.78 is 0. The Hall–Kier alpha value is -2.09.